The number of aryl methyl sites for hydroxylation is 1. The lowest BCUT2D eigenvalue weighted by atomic mass is 9.99. The van der Waals surface area contributed by atoms with Crippen molar-refractivity contribution < 1.29 is 8.42 Å². The molecule has 0 saturated heterocycles. The highest BCUT2D eigenvalue weighted by molar-refractivity contribution is 7.88. The summed E-state index contributed by atoms with van der Waals surface area (Å²) in [6, 6.07) is 6.02. The number of nitrogens with one attached hydrogen (secondary N) is 2. The Morgan fingerprint density at radius 3 is 3.00 bits per heavy atom. The highest BCUT2D eigenvalue weighted by atomic mass is 32.2. The second-order valence-corrected chi connectivity index (χ2v) is 5.91. The molecule has 0 amide bonds. The Labute approximate surface area is 96.1 Å². The van der Waals surface area contributed by atoms with Crippen molar-refractivity contribution in [2.24, 2.45) is 0 Å². The van der Waals surface area contributed by atoms with Crippen LogP contribution in [0.25, 0.3) is 0 Å². The van der Waals surface area contributed by atoms with Crippen molar-refractivity contribution in [3.8, 4) is 0 Å². The van der Waals surface area contributed by atoms with Crippen LogP contribution in [0.5, 0.6) is 0 Å². The molecule has 0 aromatic heterocycles. The van der Waals surface area contributed by atoms with E-state index in [4.69, 9.17) is 0 Å². The molecule has 5 heteroatoms. The molecule has 1 heterocycles. The van der Waals surface area contributed by atoms with E-state index in [1.807, 2.05) is 12.1 Å². The van der Waals surface area contributed by atoms with Crippen molar-refractivity contribution in [3.63, 3.8) is 0 Å². The average Bonchev–Trinajstić information content (AvgIpc) is 2.25. The zero-order chi connectivity index (χ0) is 11.6. The number of rotatable bonds is 3. The molecule has 2 rings (SSSR count). The van der Waals surface area contributed by atoms with Gasteiger partial charge in [0.2, 0.25) is 10.0 Å². The second-order valence-electron chi connectivity index (χ2n) is 4.07. The summed E-state index contributed by atoms with van der Waals surface area (Å²) in [5.74, 6) is 0. The summed E-state index contributed by atoms with van der Waals surface area (Å²) in [5, 5.41) is 3.33. The van der Waals surface area contributed by atoms with E-state index in [1.54, 1.807) is 0 Å². The van der Waals surface area contributed by atoms with Crippen LogP contribution in [0, 0.1) is 0 Å². The van der Waals surface area contributed by atoms with Gasteiger partial charge in [0.15, 0.2) is 0 Å². The van der Waals surface area contributed by atoms with Gasteiger partial charge in [-0.05, 0) is 24.0 Å². The topological polar surface area (TPSA) is 58.2 Å². The number of sulfonamides is 1. The van der Waals surface area contributed by atoms with Gasteiger partial charge >= 0.3 is 0 Å². The molecule has 0 unspecified atom stereocenters. The molecular weight excluding hydrogens is 224 g/mol. The maximum atomic E-state index is 11.0. The highest BCUT2D eigenvalue weighted by Gasteiger charge is 2.12. The van der Waals surface area contributed by atoms with Gasteiger partial charge < -0.3 is 5.32 Å². The minimum atomic E-state index is -3.13. The smallest absolute Gasteiger partial charge is 0.209 e. The predicted molar refractivity (Wildman–Crippen MR) is 64.9 cm³/mol. The fraction of sp³-hybridized carbons (Fsp3) is 0.455. The van der Waals surface area contributed by atoms with Gasteiger partial charge in [0, 0.05) is 18.8 Å². The summed E-state index contributed by atoms with van der Waals surface area (Å²) in [4.78, 5) is 0. The van der Waals surface area contributed by atoms with Crippen molar-refractivity contribution in [2.45, 2.75) is 19.4 Å². The van der Waals surface area contributed by atoms with Gasteiger partial charge in [0.25, 0.3) is 0 Å². The van der Waals surface area contributed by atoms with Crippen LogP contribution in [0.2, 0.25) is 0 Å². The van der Waals surface area contributed by atoms with Crippen LogP contribution in [-0.2, 0) is 23.0 Å². The van der Waals surface area contributed by atoms with Crippen LogP contribution in [-0.4, -0.2) is 21.2 Å². The quantitative estimate of drug-likeness (QED) is 0.831. The maximum absolute atomic E-state index is 11.0. The molecule has 0 fully saturated rings. The fourth-order valence-corrected chi connectivity index (χ4v) is 2.35. The average molecular weight is 240 g/mol. The van der Waals surface area contributed by atoms with Crippen molar-refractivity contribution in [1.29, 1.82) is 0 Å². The minimum absolute atomic E-state index is 0.356. The normalized spacial score (nSPS) is 15.3. The van der Waals surface area contributed by atoms with Gasteiger partial charge in [0.05, 0.1) is 6.26 Å². The van der Waals surface area contributed by atoms with Crippen molar-refractivity contribution >= 4 is 15.7 Å². The Bertz CT molecular complexity index is 483. The monoisotopic (exact) mass is 240 g/mol. The molecule has 1 aromatic rings. The zero-order valence-electron chi connectivity index (χ0n) is 9.29. The van der Waals surface area contributed by atoms with Crippen LogP contribution >= 0.6 is 0 Å². The van der Waals surface area contributed by atoms with E-state index in [1.165, 1.54) is 11.8 Å². The fourth-order valence-electron chi connectivity index (χ4n) is 1.94. The number of para-hydroxylation sites is 1. The molecule has 16 heavy (non-hydrogen) atoms. The maximum Gasteiger partial charge on any atom is 0.209 e. The number of anilines is 1. The molecule has 1 aliphatic rings. The molecule has 88 valence electrons. The number of benzene rings is 1. The first kappa shape index (κ1) is 11.4. The van der Waals surface area contributed by atoms with Gasteiger partial charge in [-0.2, -0.15) is 0 Å². The van der Waals surface area contributed by atoms with Crippen molar-refractivity contribution in [3.05, 3.63) is 29.3 Å². The number of hydrogen-bond acceptors (Lipinski definition) is 3. The van der Waals surface area contributed by atoms with Gasteiger partial charge in [-0.15, -0.1) is 0 Å². The first-order valence-electron chi connectivity index (χ1n) is 5.35. The third kappa shape index (κ3) is 2.74. The summed E-state index contributed by atoms with van der Waals surface area (Å²) in [5.41, 5.74) is 3.39. The number of fused-ring (bicyclic) bond motifs is 1. The molecule has 0 radical (unpaired) electrons. The lowest BCUT2D eigenvalue weighted by molar-refractivity contribution is 0.587. The van der Waals surface area contributed by atoms with Gasteiger partial charge in [0.1, 0.15) is 0 Å². The Morgan fingerprint density at radius 2 is 2.25 bits per heavy atom. The van der Waals surface area contributed by atoms with E-state index < -0.39 is 10.0 Å². The lowest BCUT2D eigenvalue weighted by Crippen LogP contribution is -2.23. The highest BCUT2D eigenvalue weighted by Crippen LogP contribution is 2.25. The standard InChI is InChI=1S/C11H16N2O2S/c1-16(14,15)13-8-10-5-2-4-9-6-3-7-12-11(9)10/h2,4-5,12-13H,3,6-8H2,1H3. The molecule has 2 N–H and O–H groups in total. The van der Waals surface area contributed by atoms with Crippen molar-refractivity contribution in [1.82, 2.24) is 4.72 Å². The van der Waals surface area contributed by atoms with E-state index in [0.29, 0.717) is 6.54 Å². The van der Waals surface area contributed by atoms with Crippen LogP contribution in [0.4, 0.5) is 5.69 Å². The summed E-state index contributed by atoms with van der Waals surface area (Å²) in [6.45, 7) is 1.32. The van der Waals surface area contributed by atoms with Gasteiger partial charge in [-0.25, -0.2) is 13.1 Å². The van der Waals surface area contributed by atoms with E-state index in [0.717, 1.165) is 30.6 Å². The van der Waals surface area contributed by atoms with Gasteiger partial charge in [-0.3, -0.25) is 0 Å². The molecule has 0 spiro atoms. The Balaban J connectivity index is 2.21. The first-order chi connectivity index (χ1) is 7.56. The molecule has 0 bridgehead atoms. The molecule has 0 saturated carbocycles. The lowest BCUT2D eigenvalue weighted by Gasteiger charge is -2.21. The van der Waals surface area contributed by atoms with E-state index >= 15 is 0 Å². The second kappa shape index (κ2) is 4.43. The summed E-state index contributed by atoms with van der Waals surface area (Å²) < 4.78 is 24.6. The summed E-state index contributed by atoms with van der Waals surface area (Å²) >= 11 is 0. The van der Waals surface area contributed by atoms with Gasteiger partial charge in [-0.1, -0.05) is 18.2 Å². The Morgan fingerprint density at radius 1 is 1.44 bits per heavy atom. The van der Waals surface area contributed by atoms with Crippen LogP contribution < -0.4 is 10.0 Å². The first-order valence-corrected chi connectivity index (χ1v) is 7.25. The molecule has 0 atom stereocenters. The zero-order valence-corrected chi connectivity index (χ0v) is 10.1. The van der Waals surface area contributed by atoms with E-state index in [-0.39, 0.29) is 0 Å². The molecule has 0 aliphatic carbocycles. The molecule has 1 aromatic carbocycles. The third-order valence-corrected chi connectivity index (χ3v) is 3.36. The van der Waals surface area contributed by atoms with Crippen LogP contribution in [0.3, 0.4) is 0 Å². The summed E-state index contributed by atoms with van der Waals surface area (Å²) in [7, 11) is -3.13. The minimum Gasteiger partial charge on any atom is -0.385 e. The SMILES string of the molecule is CS(=O)(=O)NCc1cccc2c1NCCC2. The Kier molecular flexibility index (Phi) is 3.16. The van der Waals surface area contributed by atoms with E-state index in [9.17, 15) is 8.42 Å². The van der Waals surface area contributed by atoms with Crippen molar-refractivity contribution in [2.75, 3.05) is 18.1 Å². The van der Waals surface area contributed by atoms with E-state index in [2.05, 4.69) is 16.1 Å². The number of hydrogen-bond donors (Lipinski definition) is 2. The third-order valence-electron chi connectivity index (χ3n) is 2.69. The van der Waals surface area contributed by atoms with Crippen LogP contribution in [0.15, 0.2) is 18.2 Å². The predicted octanol–water partition coefficient (Wildman–Crippen LogP) is 1.09. The Hall–Kier alpha value is -1.07. The molecule has 4 nitrogen and oxygen atoms in total. The van der Waals surface area contributed by atoms with Crippen LogP contribution in [0.1, 0.15) is 17.5 Å². The largest absolute Gasteiger partial charge is 0.385 e. The summed E-state index contributed by atoms with van der Waals surface area (Å²) in [6.07, 6.45) is 3.38. The molecular formula is C11H16N2O2S. The molecule has 1 aliphatic heterocycles.